The summed E-state index contributed by atoms with van der Waals surface area (Å²) in [6, 6.07) is 0. The van der Waals surface area contributed by atoms with E-state index in [1.165, 1.54) is 0 Å². The Kier molecular flexibility index (Phi) is 5.98. The van der Waals surface area contributed by atoms with Crippen LogP contribution in [0, 0.1) is 0 Å². The molecule has 0 aromatic heterocycles. The predicted octanol–water partition coefficient (Wildman–Crippen LogP) is -0.0578. The summed E-state index contributed by atoms with van der Waals surface area (Å²) in [5.41, 5.74) is 0. The van der Waals surface area contributed by atoms with Crippen LogP contribution in [0.5, 0.6) is 0 Å². The molecule has 0 aromatic carbocycles. The molecule has 2 unspecified atom stereocenters. The fourth-order valence-corrected chi connectivity index (χ4v) is 2.22. The minimum Gasteiger partial charge on any atom is -0.460 e. The Morgan fingerprint density at radius 3 is 2.61 bits per heavy atom. The summed E-state index contributed by atoms with van der Waals surface area (Å²) in [5, 5.41) is 4.26. The molecule has 0 saturated carbocycles. The summed E-state index contributed by atoms with van der Waals surface area (Å²) >= 11 is 0. The van der Waals surface area contributed by atoms with Gasteiger partial charge in [-0.3, -0.25) is 4.57 Å². The lowest BCUT2D eigenvalue weighted by molar-refractivity contribution is -0.872. The molecule has 106 valence electrons. The van der Waals surface area contributed by atoms with Crippen molar-refractivity contribution < 1.29 is 33.1 Å². The molecule has 7 nitrogen and oxygen atoms in total. The Labute approximate surface area is 108 Å². The van der Waals surface area contributed by atoms with Gasteiger partial charge in [0.1, 0.15) is 13.2 Å². The van der Waals surface area contributed by atoms with Crippen LogP contribution in [0.4, 0.5) is 0 Å². The molecule has 0 rings (SSSR count). The van der Waals surface area contributed by atoms with Gasteiger partial charge in [0, 0.05) is 6.08 Å². The highest BCUT2D eigenvalue weighted by Crippen LogP contribution is 2.46. The van der Waals surface area contributed by atoms with Gasteiger partial charge in [-0.15, -0.1) is 0 Å². The minimum absolute atomic E-state index is 0.129. The van der Waals surface area contributed by atoms with Crippen LogP contribution in [-0.4, -0.2) is 68.6 Å². The molecule has 0 amide bonds. The maximum atomic E-state index is 11.9. The maximum Gasteiger partial charge on any atom is 0.362 e. The fraction of sp³-hybridized carbons (Fsp3) is 0.700. The van der Waals surface area contributed by atoms with Gasteiger partial charge < -0.3 is 23.7 Å². The van der Waals surface area contributed by atoms with E-state index in [1.807, 2.05) is 0 Å². The lowest BCUT2D eigenvalue weighted by Gasteiger charge is -2.28. The van der Waals surface area contributed by atoms with E-state index in [0.29, 0.717) is 4.48 Å². The molecule has 0 saturated heterocycles. The highest BCUT2D eigenvalue weighted by Gasteiger charge is 2.35. The number of hydrogen-bond donors (Lipinski definition) is 2. The Bertz CT molecular complexity index is 356. The molecule has 0 aliphatic heterocycles. The van der Waals surface area contributed by atoms with Gasteiger partial charge in [0.15, 0.2) is 0 Å². The number of carbonyl (C=O) groups excluding carboxylic acids is 1. The third-order valence-corrected chi connectivity index (χ3v) is 3.28. The quantitative estimate of drug-likeness (QED) is 0.202. The maximum absolute atomic E-state index is 11.9. The van der Waals surface area contributed by atoms with Crippen LogP contribution in [0.25, 0.3) is 0 Å². The van der Waals surface area contributed by atoms with E-state index in [2.05, 4.69) is 16.4 Å². The summed E-state index contributed by atoms with van der Waals surface area (Å²) in [6.45, 7) is 2.90. The molecule has 2 N–H and O–H groups in total. The van der Waals surface area contributed by atoms with Crippen LogP contribution in [0.15, 0.2) is 12.7 Å². The first-order valence-corrected chi connectivity index (χ1v) is 6.95. The smallest absolute Gasteiger partial charge is 0.362 e. The van der Waals surface area contributed by atoms with E-state index in [4.69, 9.17) is 5.95 Å². The first kappa shape index (κ1) is 15.3. The van der Waals surface area contributed by atoms with E-state index in [9.17, 15) is 14.3 Å². The van der Waals surface area contributed by atoms with Crippen LogP contribution in [-0.2, 0) is 18.6 Å². The van der Waals surface area contributed by atoms with Gasteiger partial charge in [0.2, 0.25) is 7.28 Å². The zero-order valence-corrected chi connectivity index (χ0v) is 11.8. The number of quaternary nitrogens is 1. The molecular formula is C10H21NO6P+. The summed E-state index contributed by atoms with van der Waals surface area (Å²) < 4.78 is 28.4. The number of aliphatic hydroxyl groups excluding tert-OH is 1. The lowest BCUT2D eigenvalue weighted by Crippen LogP contribution is -2.41. The molecule has 0 spiro atoms. The van der Waals surface area contributed by atoms with Gasteiger partial charge in [-0.25, -0.2) is 4.79 Å². The zero-order chi connectivity index (χ0) is 15.1. The van der Waals surface area contributed by atoms with Crippen molar-refractivity contribution in [2.75, 3.05) is 40.9 Å². The van der Waals surface area contributed by atoms with E-state index in [0.717, 1.165) is 6.08 Å². The van der Waals surface area contributed by atoms with Gasteiger partial charge in [0.05, 0.1) is 27.7 Å². The summed E-state index contributed by atoms with van der Waals surface area (Å²) in [6.07, 6.45) is 0.978. The number of hydrogen-bond acceptors (Lipinski definition) is 5. The van der Waals surface area contributed by atoms with E-state index >= 15 is 0 Å². The molecule has 8 heteroatoms. The largest absolute Gasteiger partial charge is 0.460 e. The standard InChI is InChI=1S/C10H20NO6P/c1-5-9(12)16-6-7-17-18(14,15)10(13)8-11(2,3)4/h5,10,13H,1,6-8H2,2-4H3/p+1/i13D. The first-order chi connectivity index (χ1) is 8.62. The Hall–Kier alpha value is -0.720. The predicted molar refractivity (Wildman–Crippen MR) is 65.8 cm³/mol. The summed E-state index contributed by atoms with van der Waals surface area (Å²) in [7, 11) is 1.26. The zero-order valence-electron chi connectivity index (χ0n) is 11.9. The molecule has 0 radical (unpaired) electrons. The number of rotatable bonds is 9. The van der Waals surface area contributed by atoms with Crippen LogP contribution in [0.3, 0.4) is 0 Å². The second-order valence-corrected chi connectivity index (χ2v) is 6.66. The van der Waals surface area contributed by atoms with Crippen molar-refractivity contribution in [1.82, 2.24) is 0 Å². The van der Waals surface area contributed by atoms with Crippen molar-refractivity contribution in [2.24, 2.45) is 0 Å². The van der Waals surface area contributed by atoms with Gasteiger partial charge in [-0.05, 0) is 0 Å². The van der Waals surface area contributed by atoms with Crippen molar-refractivity contribution in [3.05, 3.63) is 12.7 Å². The molecule has 0 aliphatic rings. The van der Waals surface area contributed by atoms with Gasteiger partial charge >= 0.3 is 13.6 Å². The Balaban J connectivity index is 4.30. The van der Waals surface area contributed by atoms with Crippen LogP contribution >= 0.6 is 7.60 Å². The van der Waals surface area contributed by atoms with Gasteiger partial charge in [-0.2, -0.15) is 0 Å². The van der Waals surface area contributed by atoms with Crippen molar-refractivity contribution in [3.63, 3.8) is 0 Å². The highest BCUT2D eigenvalue weighted by atomic mass is 31.2. The second-order valence-electron chi connectivity index (χ2n) is 4.70. The molecule has 0 heterocycles. The number of nitrogens with zero attached hydrogens (tertiary/aromatic N) is 1. The number of likely N-dealkylation sites (N-methyl/N-ethyl adjacent to an activating group) is 1. The lowest BCUT2D eigenvalue weighted by atomic mass is 10.5. The molecule has 0 fully saturated rings. The van der Waals surface area contributed by atoms with Crippen LogP contribution < -0.4 is 0 Å². The van der Waals surface area contributed by atoms with E-state index < -0.39 is 19.4 Å². The monoisotopic (exact) mass is 283 g/mol. The normalized spacial score (nSPS) is 17.4. The molecular weight excluding hydrogens is 261 g/mol. The number of ether oxygens (including phenoxy) is 1. The van der Waals surface area contributed by atoms with E-state index in [-0.39, 0.29) is 19.8 Å². The minimum atomic E-state index is -4.11. The van der Waals surface area contributed by atoms with Crippen molar-refractivity contribution in [3.8, 4) is 0 Å². The summed E-state index contributed by atoms with van der Waals surface area (Å²) in [5.74, 6) is -1.90. The second kappa shape index (κ2) is 7.01. The average Bonchev–Trinajstić information content (AvgIpc) is 2.30. The van der Waals surface area contributed by atoms with Gasteiger partial charge in [0.25, 0.3) is 0 Å². The molecule has 0 bridgehead atoms. The average molecular weight is 283 g/mol. The SMILES string of the molecule is [2H]OC(C[N+](C)(C)C)P(=O)(O)OCCOC(=O)C=C. The third kappa shape index (κ3) is 7.58. The fourth-order valence-electron chi connectivity index (χ4n) is 1.02. The van der Waals surface area contributed by atoms with Crippen molar-refractivity contribution in [2.45, 2.75) is 5.85 Å². The Morgan fingerprint density at radius 1 is 1.56 bits per heavy atom. The van der Waals surface area contributed by atoms with Crippen molar-refractivity contribution >= 4 is 13.6 Å². The van der Waals surface area contributed by atoms with Crippen LogP contribution in [0.2, 0.25) is 0 Å². The number of esters is 1. The molecule has 0 aromatic rings. The topological polar surface area (TPSA) is 93.1 Å². The van der Waals surface area contributed by atoms with Gasteiger partial charge in [-0.1, -0.05) is 6.58 Å². The molecule has 18 heavy (non-hydrogen) atoms. The molecule has 2 atom stereocenters. The highest BCUT2D eigenvalue weighted by molar-refractivity contribution is 7.53. The van der Waals surface area contributed by atoms with Crippen molar-refractivity contribution in [1.29, 1.82) is 1.43 Å². The van der Waals surface area contributed by atoms with Crippen LogP contribution in [0.1, 0.15) is 0 Å². The number of carbonyl (C=O) groups is 1. The Morgan fingerprint density at radius 2 is 2.17 bits per heavy atom. The number of aliphatic hydroxyl groups is 1. The molecule has 0 aliphatic carbocycles. The summed E-state index contributed by atoms with van der Waals surface area (Å²) in [4.78, 5) is 20.4. The van der Waals surface area contributed by atoms with E-state index in [1.54, 1.807) is 21.1 Å². The first-order valence-electron chi connectivity index (χ1n) is 5.72. The third-order valence-electron chi connectivity index (χ3n) is 1.84.